The molecule has 0 spiro atoms. The zero-order chi connectivity index (χ0) is 7.71. The van der Waals surface area contributed by atoms with E-state index in [1.165, 1.54) is 0 Å². The van der Waals surface area contributed by atoms with Crippen molar-refractivity contribution in [3.8, 4) is 0 Å². The zero-order valence-electron chi connectivity index (χ0n) is 4.71. The Balaban J connectivity index is -0.000000320. The number of rotatable bonds is 2. The van der Waals surface area contributed by atoms with Gasteiger partial charge in [0, 0.05) is 52.8 Å². The molecule has 5 nitrogen and oxygen atoms in total. The first-order valence-corrected chi connectivity index (χ1v) is 4.15. The van der Waals surface area contributed by atoms with Crippen LogP contribution in [0.4, 0.5) is 7.77 Å². The molecule has 0 unspecified atom stereocenters. The van der Waals surface area contributed by atoms with Crippen LogP contribution in [0.25, 0.3) is 0 Å². The fourth-order valence-corrected chi connectivity index (χ4v) is 1.07. The van der Waals surface area contributed by atoms with Crippen molar-refractivity contribution in [2.75, 3.05) is 0 Å². The molecule has 0 saturated heterocycles. The van der Waals surface area contributed by atoms with Crippen molar-refractivity contribution in [1.29, 1.82) is 0 Å². The molecule has 0 bridgehead atoms. The van der Waals surface area contributed by atoms with Gasteiger partial charge >= 0.3 is 20.8 Å². The fourth-order valence-electron chi connectivity index (χ4n) is 0.119. The summed E-state index contributed by atoms with van der Waals surface area (Å²) >= 11 is 0. The van der Waals surface area contributed by atoms with Crippen LogP contribution in [0.1, 0.15) is 1.43 Å². The van der Waals surface area contributed by atoms with E-state index in [1.54, 1.807) is 0 Å². The van der Waals surface area contributed by atoms with Gasteiger partial charge < -0.3 is 0 Å². The third kappa shape index (κ3) is 12.1. The monoisotopic (exact) mass is 222 g/mol. The van der Waals surface area contributed by atoms with E-state index >= 15 is 0 Å². The molecule has 0 aliphatic carbocycles. The van der Waals surface area contributed by atoms with Gasteiger partial charge in [-0.25, -0.2) is 0 Å². The van der Waals surface area contributed by atoms with Crippen LogP contribution < -0.4 is 4.13 Å². The summed E-state index contributed by atoms with van der Waals surface area (Å²) in [7, 11) is -11.0. The normalized spacial score (nSPS) is 12.2. The van der Waals surface area contributed by atoms with Crippen molar-refractivity contribution in [3.05, 3.63) is 0 Å². The van der Waals surface area contributed by atoms with Gasteiger partial charge in [-0.3, -0.25) is 0 Å². The molecule has 0 amide bonds. The summed E-state index contributed by atoms with van der Waals surface area (Å²) in [5.41, 5.74) is 0. The van der Waals surface area contributed by atoms with Crippen molar-refractivity contribution in [2.24, 2.45) is 0 Å². The van der Waals surface area contributed by atoms with E-state index in [2.05, 4.69) is 0 Å². The van der Waals surface area contributed by atoms with Gasteiger partial charge in [0.05, 0.1) is 0 Å². The summed E-state index contributed by atoms with van der Waals surface area (Å²) in [4.78, 5) is 0. The Kier molecular flexibility index (Phi) is 6.12. The van der Waals surface area contributed by atoms with Crippen LogP contribution in [0.15, 0.2) is 0 Å². The Morgan fingerprint density at radius 2 is 1.20 bits per heavy atom. The van der Waals surface area contributed by atoms with Crippen LogP contribution in [0.3, 0.4) is 0 Å². The predicted molar refractivity (Wildman–Crippen MR) is 31.1 cm³/mol. The minimum absolute atomic E-state index is 0. The third-order valence-electron chi connectivity index (χ3n) is 0.199. The van der Waals surface area contributed by atoms with Crippen molar-refractivity contribution in [1.82, 2.24) is 4.13 Å². The maximum Gasteiger partial charge on any atom is 0.387 e. The van der Waals surface area contributed by atoms with Crippen molar-refractivity contribution >= 4 is 72.2 Å². The van der Waals surface area contributed by atoms with Gasteiger partial charge in [-0.1, -0.05) is 11.9 Å². The molecule has 0 rings (SSSR count). The maximum absolute atomic E-state index is 11.1. The molecular weight excluding hydrogens is 219 g/mol. The van der Waals surface area contributed by atoms with Crippen molar-refractivity contribution < 1.29 is 26.0 Å². The Bertz CT molecular complexity index is 251. The first kappa shape index (κ1) is 13.9. The Labute approximate surface area is 101 Å². The second-order valence-corrected chi connectivity index (χ2v) is 3.38. The van der Waals surface area contributed by atoms with E-state index in [9.17, 15) is 24.6 Å². The van der Waals surface area contributed by atoms with Gasteiger partial charge in [-0.15, -0.1) is 0 Å². The molecule has 0 aromatic heterocycles. The van der Waals surface area contributed by atoms with E-state index < -0.39 is 20.8 Å². The fraction of sp³-hybridized carbons (Fsp3) is 0. The van der Waals surface area contributed by atoms with E-state index in [0.29, 0.717) is 0 Å². The second kappa shape index (κ2) is 4.40. The minimum atomic E-state index is -5.49. The first-order valence-electron chi connectivity index (χ1n) is 1.38. The average Bonchev–Trinajstić information content (AvgIpc) is 1.14. The molecule has 0 aromatic rings. The maximum atomic E-state index is 11.1. The first-order chi connectivity index (χ1) is 3.71. The van der Waals surface area contributed by atoms with Gasteiger partial charge in [0.2, 0.25) is 0 Å². The number of hydrogen-bond acceptors (Lipinski definition) is 4. The van der Waals surface area contributed by atoms with Crippen molar-refractivity contribution in [2.45, 2.75) is 0 Å². The summed E-state index contributed by atoms with van der Waals surface area (Å²) in [5, 5.41) is 0. The summed E-state index contributed by atoms with van der Waals surface area (Å²) < 4.78 is 59.3. The van der Waals surface area contributed by atoms with Gasteiger partial charge in [-0.05, 0) is 0 Å². The molecule has 59 valence electrons. The summed E-state index contributed by atoms with van der Waals surface area (Å²) in [6.07, 6.45) is 0. The molecule has 0 aliphatic rings. The summed E-state index contributed by atoms with van der Waals surface area (Å²) in [6.45, 7) is 0. The van der Waals surface area contributed by atoms with Crippen LogP contribution in [0, 0.1) is 0 Å². The Hall–Kier alpha value is 1.36. The van der Waals surface area contributed by atoms with Gasteiger partial charge in [0.25, 0.3) is 0 Å². The SMILES string of the molecule is O=S(=O)(F)NS(=O)(=O)F.[HH].[K]. The largest absolute Gasteiger partial charge is 0.387 e. The van der Waals surface area contributed by atoms with Gasteiger partial charge in [-0.2, -0.15) is 16.8 Å². The molecule has 10 heavy (non-hydrogen) atoms. The Morgan fingerprint density at radius 1 is 1.00 bits per heavy atom. The molecule has 1 radical (unpaired) electrons. The van der Waals surface area contributed by atoms with E-state index in [1.807, 2.05) is 0 Å². The van der Waals surface area contributed by atoms with Crippen LogP contribution >= 0.6 is 0 Å². The predicted octanol–water partition coefficient (Wildman–Crippen LogP) is -1.13. The Morgan fingerprint density at radius 3 is 1.20 bits per heavy atom. The number of halogens is 2. The molecule has 0 heterocycles. The standard InChI is InChI=1S/F2HNO4S2.K.H2/c1-8(4,5)3-9(2,6)7;;/h3H;;1H. The van der Waals surface area contributed by atoms with E-state index in [-0.39, 0.29) is 56.9 Å². The van der Waals surface area contributed by atoms with Crippen LogP contribution in [-0.2, 0) is 20.8 Å². The van der Waals surface area contributed by atoms with Crippen LogP contribution in [0.2, 0.25) is 0 Å². The molecule has 0 saturated carbocycles. The van der Waals surface area contributed by atoms with E-state index in [4.69, 9.17) is 0 Å². The molecule has 0 aliphatic heterocycles. The van der Waals surface area contributed by atoms with Crippen molar-refractivity contribution in [3.63, 3.8) is 0 Å². The topological polar surface area (TPSA) is 80.3 Å². The third-order valence-corrected chi connectivity index (χ3v) is 1.79. The summed E-state index contributed by atoms with van der Waals surface area (Å²) in [6, 6.07) is 0. The molecular formula is H3F2KNO4S2. The van der Waals surface area contributed by atoms with Crippen LogP contribution in [-0.4, -0.2) is 68.2 Å². The molecule has 1 N–H and O–H groups in total. The molecule has 0 aromatic carbocycles. The van der Waals surface area contributed by atoms with E-state index in [0.717, 1.165) is 0 Å². The zero-order valence-corrected chi connectivity index (χ0v) is 9.46. The van der Waals surface area contributed by atoms with Crippen LogP contribution in [0.5, 0.6) is 0 Å². The smallest absolute Gasteiger partial charge is 0.176 e. The molecule has 0 atom stereocenters. The van der Waals surface area contributed by atoms with Gasteiger partial charge in [0.15, 0.2) is 0 Å². The number of nitrogens with one attached hydrogen (secondary N) is 1. The quantitative estimate of drug-likeness (QED) is 0.473. The average molecular weight is 222 g/mol. The molecule has 10 heteroatoms. The van der Waals surface area contributed by atoms with Gasteiger partial charge in [0.1, 0.15) is 0 Å². The summed E-state index contributed by atoms with van der Waals surface area (Å²) in [5.74, 6) is 0. The minimum Gasteiger partial charge on any atom is -0.176 e. The number of hydrogen-bond donors (Lipinski definition) is 1. The second-order valence-electron chi connectivity index (χ2n) is 0.959. The molecule has 0 fully saturated rings.